The van der Waals surface area contributed by atoms with Gasteiger partial charge in [-0.2, -0.15) is 0 Å². The number of hydrogen-bond acceptors (Lipinski definition) is 0. The fraction of sp³-hybridized carbons (Fsp3) is 0.400. The second-order valence-electron chi connectivity index (χ2n) is 9.71. The summed E-state index contributed by atoms with van der Waals surface area (Å²) in [4.78, 5) is 0. The summed E-state index contributed by atoms with van der Waals surface area (Å²) in [6.45, 7) is 9.03. The van der Waals surface area contributed by atoms with E-state index < -0.39 is 0 Å². The van der Waals surface area contributed by atoms with E-state index in [0.29, 0.717) is 0 Å². The number of rotatable bonds is 5. The summed E-state index contributed by atoms with van der Waals surface area (Å²) in [7, 11) is 0. The molecule has 156 valence electrons. The number of benzene rings is 3. The molecule has 3 aromatic carbocycles. The van der Waals surface area contributed by atoms with Crippen LogP contribution < -0.4 is 0 Å². The second kappa shape index (κ2) is 9.21. The Morgan fingerprint density at radius 1 is 0.667 bits per heavy atom. The minimum Gasteiger partial charge on any atom is -0.0625 e. The molecule has 0 atom stereocenters. The Bertz CT molecular complexity index is 985. The predicted octanol–water partition coefficient (Wildman–Crippen LogP) is 8.70. The molecule has 1 aliphatic rings. The van der Waals surface area contributed by atoms with Crippen LogP contribution in [0.2, 0.25) is 0 Å². The van der Waals surface area contributed by atoms with Crippen LogP contribution in [-0.4, -0.2) is 0 Å². The first-order valence-corrected chi connectivity index (χ1v) is 11.8. The van der Waals surface area contributed by atoms with Crippen LogP contribution in [0.4, 0.5) is 0 Å². The third kappa shape index (κ3) is 4.86. The fourth-order valence-corrected chi connectivity index (χ4v) is 5.16. The smallest absolute Gasteiger partial charge is 0.0155 e. The normalized spacial score (nSPS) is 19.1. The summed E-state index contributed by atoms with van der Waals surface area (Å²) in [5.41, 5.74) is 10.9. The Kier molecular flexibility index (Phi) is 6.42. The fourth-order valence-electron chi connectivity index (χ4n) is 5.16. The van der Waals surface area contributed by atoms with Gasteiger partial charge in [0.15, 0.2) is 0 Å². The quantitative estimate of drug-likeness (QED) is 0.404. The first-order chi connectivity index (χ1) is 14.5. The molecule has 0 nitrogen and oxygen atoms in total. The van der Waals surface area contributed by atoms with E-state index in [-0.39, 0.29) is 0 Å². The molecule has 0 heterocycles. The van der Waals surface area contributed by atoms with E-state index in [4.69, 9.17) is 0 Å². The molecule has 0 spiro atoms. The van der Waals surface area contributed by atoms with Crippen molar-refractivity contribution < 1.29 is 0 Å². The number of aryl methyl sites for hydroxylation is 4. The van der Waals surface area contributed by atoms with Gasteiger partial charge in [0.1, 0.15) is 0 Å². The van der Waals surface area contributed by atoms with E-state index in [1.54, 1.807) is 0 Å². The van der Waals surface area contributed by atoms with Crippen molar-refractivity contribution in [2.24, 2.45) is 11.8 Å². The maximum Gasteiger partial charge on any atom is -0.0155 e. The maximum atomic E-state index is 2.42. The van der Waals surface area contributed by atoms with Crippen molar-refractivity contribution in [3.8, 4) is 22.3 Å². The highest BCUT2D eigenvalue weighted by molar-refractivity contribution is 5.73. The van der Waals surface area contributed by atoms with E-state index in [1.807, 2.05) is 0 Å². The molecule has 30 heavy (non-hydrogen) atoms. The van der Waals surface area contributed by atoms with E-state index >= 15 is 0 Å². The Hall–Kier alpha value is -2.34. The van der Waals surface area contributed by atoms with Crippen molar-refractivity contribution in [2.75, 3.05) is 0 Å². The monoisotopic (exact) mass is 396 g/mol. The average Bonchev–Trinajstić information content (AvgIpc) is 2.74. The molecule has 0 aliphatic heterocycles. The van der Waals surface area contributed by atoms with Crippen molar-refractivity contribution in [2.45, 2.75) is 66.2 Å². The highest BCUT2D eigenvalue weighted by Crippen LogP contribution is 2.32. The predicted molar refractivity (Wildman–Crippen MR) is 131 cm³/mol. The van der Waals surface area contributed by atoms with Crippen molar-refractivity contribution >= 4 is 0 Å². The van der Waals surface area contributed by atoms with Gasteiger partial charge in [-0.25, -0.2) is 0 Å². The second-order valence-corrected chi connectivity index (χ2v) is 9.71. The van der Waals surface area contributed by atoms with Crippen LogP contribution in [-0.2, 0) is 6.42 Å². The van der Waals surface area contributed by atoms with Gasteiger partial charge in [-0.05, 0) is 84.4 Å². The topological polar surface area (TPSA) is 0 Å². The van der Waals surface area contributed by atoms with Crippen LogP contribution in [0.3, 0.4) is 0 Å². The van der Waals surface area contributed by atoms with E-state index in [2.05, 4.69) is 88.4 Å². The minimum absolute atomic E-state index is 0.943. The van der Waals surface area contributed by atoms with Gasteiger partial charge in [0.05, 0.1) is 0 Å². The van der Waals surface area contributed by atoms with Gasteiger partial charge in [0.2, 0.25) is 0 Å². The average molecular weight is 397 g/mol. The lowest BCUT2D eigenvalue weighted by molar-refractivity contribution is 0.278. The summed E-state index contributed by atoms with van der Waals surface area (Å²) < 4.78 is 0. The molecular weight excluding hydrogens is 360 g/mol. The van der Waals surface area contributed by atoms with E-state index in [0.717, 1.165) is 11.8 Å². The molecule has 0 unspecified atom stereocenters. The van der Waals surface area contributed by atoms with Crippen LogP contribution in [0.1, 0.15) is 61.3 Å². The molecule has 3 aromatic rings. The summed E-state index contributed by atoms with van der Waals surface area (Å²) in [5.74, 6) is 1.89. The molecule has 0 saturated heterocycles. The lowest BCUT2D eigenvalue weighted by atomic mass is 9.80. The van der Waals surface area contributed by atoms with Gasteiger partial charge >= 0.3 is 0 Å². The van der Waals surface area contributed by atoms with Crippen LogP contribution in [0.25, 0.3) is 22.3 Å². The van der Waals surface area contributed by atoms with Crippen molar-refractivity contribution in [3.63, 3.8) is 0 Å². The highest BCUT2D eigenvalue weighted by atomic mass is 14.2. The lowest BCUT2D eigenvalue weighted by Crippen LogP contribution is -2.12. The Balaban J connectivity index is 1.45. The molecule has 4 rings (SSSR count). The molecule has 0 radical (unpaired) electrons. The SMILES string of the molecule is Cc1ccc(-c2ccc(-c3ccc(CCC4CCC(C)CC4)cc3C)cc2)c(C)c1. The van der Waals surface area contributed by atoms with Gasteiger partial charge in [0.25, 0.3) is 0 Å². The van der Waals surface area contributed by atoms with Gasteiger partial charge in [-0.1, -0.05) is 98.8 Å². The van der Waals surface area contributed by atoms with Crippen molar-refractivity contribution in [1.29, 1.82) is 0 Å². The molecule has 0 amide bonds. The zero-order valence-corrected chi connectivity index (χ0v) is 19.2. The maximum absolute atomic E-state index is 2.42. The standard InChI is InChI=1S/C30H36/c1-21-5-8-25(9-6-21)10-11-26-12-18-30(24(4)20-26)28-15-13-27(14-16-28)29-17-7-22(2)19-23(29)3/h7,12-21,25H,5-6,8-11H2,1-4H3. The molecule has 1 aliphatic carbocycles. The minimum atomic E-state index is 0.943. The van der Waals surface area contributed by atoms with Crippen LogP contribution in [0, 0.1) is 32.6 Å². The third-order valence-electron chi connectivity index (χ3n) is 7.16. The molecule has 1 saturated carbocycles. The van der Waals surface area contributed by atoms with Crippen molar-refractivity contribution in [1.82, 2.24) is 0 Å². The first-order valence-electron chi connectivity index (χ1n) is 11.8. The van der Waals surface area contributed by atoms with Crippen LogP contribution in [0.5, 0.6) is 0 Å². The molecular formula is C30H36. The summed E-state index contributed by atoms with van der Waals surface area (Å²) in [6.07, 6.45) is 8.32. The van der Waals surface area contributed by atoms with E-state index in [1.165, 1.54) is 83.0 Å². The molecule has 0 bridgehead atoms. The molecule has 0 aromatic heterocycles. The third-order valence-corrected chi connectivity index (χ3v) is 7.16. The Labute approximate surface area is 183 Å². The summed E-state index contributed by atoms with van der Waals surface area (Å²) in [5, 5.41) is 0. The molecule has 0 N–H and O–H groups in total. The Morgan fingerprint density at radius 2 is 1.23 bits per heavy atom. The van der Waals surface area contributed by atoms with Gasteiger partial charge in [-0.15, -0.1) is 0 Å². The largest absolute Gasteiger partial charge is 0.0625 e. The molecule has 1 fully saturated rings. The lowest BCUT2D eigenvalue weighted by Gasteiger charge is -2.26. The zero-order valence-electron chi connectivity index (χ0n) is 19.2. The van der Waals surface area contributed by atoms with Crippen LogP contribution in [0.15, 0.2) is 60.7 Å². The van der Waals surface area contributed by atoms with Gasteiger partial charge in [0, 0.05) is 0 Å². The van der Waals surface area contributed by atoms with E-state index in [9.17, 15) is 0 Å². The summed E-state index contributed by atoms with van der Waals surface area (Å²) >= 11 is 0. The number of hydrogen-bond donors (Lipinski definition) is 0. The first kappa shape index (κ1) is 20.9. The Morgan fingerprint density at radius 3 is 1.80 bits per heavy atom. The highest BCUT2D eigenvalue weighted by Gasteiger charge is 2.18. The molecule has 0 heteroatoms. The van der Waals surface area contributed by atoms with Gasteiger partial charge < -0.3 is 0 Å². The van der Waals surface area contributed by atoms with Gasteiger partial charge in [-0.3, -0.25) is 0 Å². The van der Waals surface area contributed by atoms with Crippen molar-refractivity contribution in [3.05, 3.63) is 82.9 Å². The van der Waals surface area contributed by atoms with Crippen LogP contribution >= 0.6 is 0 Å². The zero-order chi connectivity index (χ0) is 21.1. The summed E-state index contributed by atoms with van der Waals surface area (Å²) in [6, 6.07) is 22.9.